The van der Waals surface area contributed by atoms with Crippen molar-refractivity contribution in [2.24, 2.45) is 17.8 Å². The van der Waals surface area contributed by atoms with Crippen LogP contribution < -0.4 is 4.74 Å². The molecule has 2 aliphatic rings. The van der Waals surface area contributed by atoms with Crippen LogP contribution in [0.15, 0.2) is 24.3 Å². The monoisotopic (exact) mass is 379 g/mol. The molecule has 2 fully saturated rings. The zero-order valence-corrected chi connectivity index (χ0v) is 17.3. The Hall–Kier alpha value is -1.06. The number of nitrogens with zero attached hydrogens (tertiary/aromatic N) is 1. The number of hydrogen-bond donors (Lipinski definition) is 0. The number of ether oxygens (including phenoxy) is 1. The van der Waals surface area contributed by atoms with Crippen molar-refractivity contribution in [3.05, 3.63) is 29.8 Å². The summed E-state index contributed by atoms with van der Waals surface area (Å²) in [5, 5.41) is 0. The van der Waals surface area contributed by atoms with Gasteiger partial charge in [-0.05, 0) is 74.8 Å². The molecule has 2 aliphatic carbocycles. The lowest BCUT2D eigenvalue weighted by atomic mass is 10.0. The van der Waals surface area contributed by atoms with Crippen LogP contribution in [0.25, 0.3) is 0 Å². The zero-order valence-electron chi connectivity index (χ0n) is 16.4. The average Bonchev–Trinajstić information content (AvgIpc) is 3.48. The first-order chi connectivity index (χ1) is 12.0. The van der Waals surface area contributed by atoms with E-state index in [1.165, 1.54) is 25.8 Å². The first-order valence-corrected chi connectivity index (χ1v) is 9.99. The summed E-state index contributed by atoms with van der Waals surface area (Å²) >= 11 is 0. The van der Waals surface area contributed by atoms with Gasteiger partial charge in [0.25, 0.3) is 0 Å². The lowest BCUT2D eigenvalue weighted by molar-refractivity contribution is 0.0978. The highest BCUT2D eigenvalue weighted by Crippen LogP contribution is 2.41. The van der Waals surface area contributed by atoms with Gasteiger partial charge in [0.15, 0.2) is 5.78 Å². The van der Waals surface area contributed by atoms with Gasteiger partial charge in [0.2, 0.25) is 0 Å². The predicted molar refractivity (Wildman–Crippen MR) is 109 cm³/mol. The van der Waals surface area contributed by atoms with Crippen molar-refractivity contribution in [2.45, 2.75) is 58.4 Å². The van der Waals surface area contributed by atoms with E-state index in [1.54, 1.807) is 0 Å². The summed E-state index contributed by atoms with van der Waals surface area (Å²) in [6, 6.07) is 8.58. The van der Waals surface area contributed by atoms with E-state index in [0.29, 0.717) is 18.3 Å². The van der Waals surface area contributed by atoms with Crippen LogP contribution in [0.2, 0.25) is 0 Å². The number of ketones is 1. The van der Waals surface area contributed by atoms with Crippen molar-refractivity contribution < 1.29 is 9.53 Å². The van der Waals surface area contributed by atoms with E-state index in [2.05, 4.69) is 25.8 Å². The third-order valence-corrected chi connectivity index (χ3v) is 5.59. The minimum Gasteiger partial charge on any atom is -0.493 e. The van der Waals surface area contributed by atoms with E-state index in [9.17, 15) is 4.79 Å². The minimum atomic E-state index is 0. The molecule has 4 heteroatoms. The molecule has 0 radical (unpaired) electrons. The highest BCUT2D eigenvalue weighted by Gasteiger charge is 2.40. The maximum Gasteiger partial charge on any atom is 0.162 e. The van der Waals surface area contributed by atoms with Gasteiger partial charge >= 0.3 is 0 Å². The first kappa shape index (κ1) is 21.2. The Labute approximate surface area is 164 Å². The fraction of sp³-hybridized carbons (Fsp3) is 0.682. The van der Waals surface area contributed by atoms with Gasteiger partial charge in [0.05, 0.1) is 6.61 Å². The first-order valence-electron chi connectivity index (χ1n) is 9.99. The molecule has 3 nitrogen and oxygen atoms in total. The minimum absolute atomic E-state index is 0. The van der Waals surface area contributed by atoms with Crippen LogP contribution in [0.1, 0.15) is 62.7 Å². The van der Waals surface area contributed by atoms with Crippen LogP contribution in [-0.2, 0) is 0 Å². The SMILES string of the molecule is CC(C)CCCC(=O)c1ccc(OCC2CC2CN(C)C2CC2)cc1.Cl. The van der Waals surface area contributed by atoms with Gasteiger partial charge in [0.1, 0.15) is 5.75 Å². The van der Waals surface area contributed by atoms with Crippen molar-refractivity contribution in [1.82, 2.24) is 4.90 Å². The molecule has 2 atom stereocenters. The second-order valence-corrected chi connectivity index (χ2v) is 8.47. The van der Waals surface area contributed by atoms with Crippen LogP contribution in [0.4, 0.5) is 0 Å². The largest absolute Gasteiger partial charge is 0.493 e. The normalized spacial score (nSPS) is 21.6. The Bertz CT molecular complexity index is 568. The molecule has 146 valence electrons. The van der Waals surface area contributed by atoms with E-state index in [0.717, 1.165) is 42.7 Å². The third kappa shape index (κ3) is 6.59. The Morgan fingerprint density at radius 2 is 1.88 bits per heavy atom. The Balaban J connectivity index is 0.00000243. The maximum absolute atomic E-state index is 12.2. The molecule has 2 unspecified atom stereocenters. The van der Waals surface area contributed by atoms with Crippen molar-refractivity contribution in [2.75, 3.05) is 20.2 Å². The molecule has 2 saturated carbocycles. The summed E-state index contributed by atoms with van der Waals surface area (Å²) in [7, 11) is 2.25. The van der Waals surface area contributed by atoms with E-state index in [-0.39, 0.29) is 18.2 Å². The molecule has 0 aromatic heterocycles. The number of carbonyl (C=O) groups is 1. The summed E-state index contributed by atoms with van der Waals surface area (Å²) in [6.07, 6.45) is 6.80. The lowest BCUT2D eigenvalue weighted by Crippen LogP contribution is -2.24. The van der Waals surface area contributed by atoms with Crippen LogP contribution in [0.5, 0.6) is 5.75 Å². The van der Waals surface area contributed by atoms with Crippen LogP contribution in [-0.4, -0.2) is 36.9 Å². The molecule has 1 aromatic rings. The molecule has 0 N–H and O–H groups in total. The van der Waals surface area contributed by atoms with Gasteiger partial charge in [-0.3, -0.25) is 4.79 Å². The molecule has 0 aliphatic heterocycles. The maximum atomic E-state index is 12.2. The van der Waals surface area contributed by atoms with Gasteiger partial charge in [0, 0.05) is 24.6 Å². The number of halogens is 1. The lowest BCUT2D eigenvalue weighted by Gasteiger charge is -2.15. The summed E-state index contributed by atoms with van der Waals surface area (Å²) < 4.78 is 5.94. The highest BCUT2D eigenvalue weighted by atomic mass is 35.5. The molecule has 0 spiro atoms. The molecule has 0 amide bonds. The van der Waals surface area contributed by atoms with Crippen LogP contribution in [0.3, 0.4) is 0 Å². The number of benzene rings is 1. The van der Waals surface area contributed by atoms with Crippen molar-refractivity contribution >= 4 is 18.2 Å². The van der Waals surface area contributed by atoms with Crippen LogP contribution in [0, 0.1) is 17.8 Å². The van der Waals surface area contributed by atoms with E-state index in [4.69, 9.17) is 4.74 Å². The molecule has 0 saturated heterocycles. The fourth-order valence-electron chi connectivity index (χ4n) is 3.53. The smallest absolute Gasteiger partial charge is 0.162 e. The summed E-state index contributed by atoms with van der Waals surface area (Å²) in [6.45, 7) is 6.43. The topological polar surface area (TPSA) is 29.5 Å². The average molecular weight is 380 g/mol. The van der Waals surface area contributed by atoms with Crippen LogP contribution >= 0.6 is 12.4 Å². The summed E-state index contributed by atoms with van der Waals surface area (Å²) in [4.78, 5) is 14.7. The van der Waals surface area contributed by atoms with Crippen molar-refractivity contribution in [3.8, 4) is 5.75 Å². The van der Waals surface area contributed by atoms with Gasteiger partial charge in [-0.25, -0.2) is 0 Å². The molecular formula is C22H34ClNO2. The quantitative estimate of drug-likeness (QED) is 0.493. The second kappa shape index (κ2) is 9.75. The third-order valence-electron chi connectivity index (χ3n) is 5.59. The van der Waals surface area contributed by atoms with E-state index in [1.807, 2.05) is 24.3 Å². The Morgan fingerprint density at radius 1 is 1.19 bits per heavy atom. The summed E-state index contributed by atoms with van der Waals surface area (Å²) in [5.74, 6) is 3.32. The van der Waals surface area contributed by atoms with Crippen molar-refractivity contribution in [1.29, 1.82) is 0 Å². The van der Waals surface area contributed by atoms with Crippen molar-refractivity contribution in [3.63, 3.8) is 0 Å². The molecular weight excluding hydrogens is 346 g/mol. The van der Waals surface area contributed by atoms with Gasteiger partial charge in [-0.1, -0.05) is 20.3 Å². The number of Topliss-reactive ketones (excluding diaryl/α,β-unsaturated/α-hetero) is 1. The zero-order chi connectivity index (χ0) is 17.8. The predicted octanol–water partition coefficient (Wildman–Crippen LogP) is 5.23. The van der Waals surface area contributed by atoms with Gasteiger partial charge in [-0.2, -0.15) is 0 Å². The molecule has 3 rings (SSSR count). The second-order valence-electron chi connectivity index (χ2n) is 8.47. The molecule has 0 bridgehead atoms. The summed E-state index contributed by atoms with van der Waals surface area (Å²) in [5.41, 5.74) is 0.812. The van der Waals surface area contributed by atoms with E-state index < -0.39 is 0 Å². The molecule has 26 heavy (non-hydrogen) atoms. The Kier molecular flexibility index (Phi) is 7.97. The number of hydrogen-bond acceptors (Lipinski definition) is 3. The highest BCUT2D eigenvalue weighted by molar-refractivity contribution is 5.96. The van der Waals surface area contributed by atoms with Gasteiger partial charge < -0.3 is 9.64 Å². The van der Waals surface area contributed by atoms with E-state index >= 15 is 0 Å². The standard InChI is InChI=1S/C22H33NO2.ClH/c1-16(2)5-4-6-22(24)17-7-11-21(12-8-17)25-15-19-13-18(19)14-23(3)20-9-10-20;/h7-8,11-12,16,18-20H,4-6,9-10,13-15H2,1-3H3;1H. The molecule has 0 heterocycles. The number of rotatable bonds is 11. The van der Waals surface area contributed by atoms with Gasteiger partial charge in [-0.15, -0.1) is 12.4 Å². The molecule has 1 aromatic carbocycles. The number of carbonyl (C=O) groups excluding carboxylic acids is 1. The Morgan fingerprint density at radius 3 is 2.50 bits per heavy atom. The fourth-order valence-corrected chi connectivity index (χ4v) is 3.53.